The van der Waals surface area contributed by atoms with E-state index in [4.69, 9.17) is 23.1 Å². The Morgan fingerprint density at radius 1 is 1.62 bits per heavy atom. The van der Waals surface area contributed by atoms with Gasteiger partial charge in [-0.25, -0.2) is 4.79 Å². The number of carbonyl (C=O) groups is 1. The second-order valence-corrected chi connectivity index (χ2v) is 3.59. The first-order valence-corrected chi connectivity index (χ1v) is 5.19. The Bertz CT molecular complexity index is 437. The number of halogens is 1. The van der Waals surface area contributed by atoms with Crippen LogP contribution in [0.25, 0.3) is 0 Å². The molecule has 1 rings (SSSR count). The molecule has 1 aromatic rings. The summed E-state index contributed by atoms with van der Waals surface area (Å²) in [5.41, 5.74) is 0.928. The third-order valence-electron chi connectivity index (χ3n) is 2.21. The molecule has 0 atom stereocenters. The molecule has 0 saturated carbocycles. The largest absolute Gasteiger partial charge is 0.478 e. The minimum atomic E-state index is -1.03. The Morgan fingerprint density at radius 2 is 2.31 bits per heavy atom. The highest BCUT2D eigenvalue weighted by Gasteiger charge is 2.11. The van der Waals surface area contributed by atoms with Crippen LogP contribution in [0.4, 0.5) is 5.69 Å². The molecule has 0 heterocycles. The minimum Gasteiger partial charge on any atom is -0.478 e. The standard InChI is InChI=1S/C12H12ClNO2/c1-3-7-14(4-2)9-5-6-10(12(15)16)11(13)8-9/h1,5-6,8H,4,7H2,2H3,(H,15,16). The number of hydrogen-bond acceptors (Lipinski definition) is 2. The van der Waals surface area contributed by atoms with E-state index in [9.17, 15) is 4.79 Å². The number of terminal acetylenes is 1. The molecular formula is C12H12ClNO2. The molecule has 0 amide bonds. The maximum Gasteiger partial charge on any atom is 0.337 e. The number of carboxylic acids is 1. The van der Waals surface area contributed by atoms with Crippen molar-refractivity contribution in [1.82, 2.24) is 0 Å². The fraction of sp³-hybridized carbons (Fsp3) is 0.250. The fourth-order valence-corrected chi connectivity index (χ4v) is 1.63. The quantitative estimate of drug-likeness (QED) is 0.818. The fourth-order valence-electron chi connectivity index (χ4n) is 1.37. The lowest BCUT2D eigenvalue weighted by Crippen LogP contribution is -2.22. The van der Waals surface area contributed by atoms with Crippen molar-refractivity contribution in [3.8, 4) is 12.3 Å². The third-order valence-corrected chi connectivity index (χ3v) is 2.52. The van der Waals surface area contributed by atoms with Crippen LogP contribution in [-0.4, -0.2) is 24.2 Å². The molecular weight excluding hydrogens is 226 g/mol. The minimum absolute atomic E-state index is 0.0992. The molecule has 0 aliphatic rings. The van der Waals surface area contributed by atoms with Gasteiger partial charge in [-0.2, -0.15) is 0 Å². The van der Waals surface area contributed by atoms with E-state index in [0.29, 0.717) is 6.54 Å². The molecule has 0 saturated heterocycles. The van der Waals surface area contributed by atoms with Gasteiger partial charge in [0.25, 0.3) is 0 Å². The highest BCUT2D eigenvalue weighted by molar-refractivity contribution is 6.33. The van der Waals surface area contributed by atoms with Gasteiger partial charge in [-0.05, 0) is 25.1 Å². The van der Waals surface area contributed by atoms with Crippen LogP contribution < -0.4 is 4.90 Å². The maximum atomic E-state index is 10.8. The number of carboxylic acid groups (broad SMARTS) is 1. The lowest BCUT2D eigenvalue weighted by atomic mass is 10.2. The van der Waals surface area contributed by atoms with Gasteiger partial charge in [0.1, 0.15) is 0 Å². The highest BCUT2D eigenvalue weighted by atomic mass is 35.5. The number of benzene rings is 1. The zero-order valence-corrected chi connectivity index (χ0v) is 9.66. The Labute approximate surface area is 99.6 Å². The summed E-state index contributed by atoms with van der Waals surface area (Å²) >= 11 is 5.87. The van der Waals surface area contributed by atoms with E-state index >= 15 is 0 Å². The molecule has 1 aromatic carbocycles. The first-order chi connectivity index (χ1) is 7.60. The summed E-state index contributed by atoms with van der Waals surface area (Å²) in [6.07, 6.45) is 5.24. The summed E-state index contributed by atoms with van der Waals surface area (Å²) in [6.45, 7) is 3.18. The summed E-state index contributed by atoms with van der Waals surface area (Å²) in [4.78, 5) is 12.7. The van der Waals surface area contributed by atoms with Crippen molar-refractivity contribution in [2.24, 2.45) is 0 Å². The van der Waals surface area contributed by atoms with Gasteiger partial charge in [-0.1, -0.05) is 17.5 Å². The normalized spacial score (nSPS) is 9.56. The molecule has 1 N–H and O–H groups in total. The van der Waals surface area contributed by atoms with Gasteiger partial charge < -0.3 is 10.0 Å². The number of anilines is 1. The SMILES string of the molecule is C#CCN(CC)c1ccc(C(=O)O)c(Cl)c1. The monoisotopic (exact) mass is 237 g/mol. The van der Waals surface area contributed by atoms with Crippen molar-refractivity contribution in [3.05, 3.63) is 28.8 Å². The van der Waals surface area contributed by atoms with E-state index in [1.807, 2.05) is 11.8 Å². The predicted octanol–water partition coefficient (Wildman–Crippen LogP) is 2.50. The zero-order valence-electron chi connectivity index (χ0n) is 8.90. The van der Waals surface area contributed by atoms with Gasteiger partial charge in [0.2, 0.25) is 0 Å². The smallest absolute Gasteiger partial charge is 0.337 e. The summed E-state index contributed by atoms with van der Waals surface area (Å²) in [7, 11) is 0. The average Bonchev–Trinajstić information content (AvgIpc) is 2.25. The van der Waals surface area contributed by atoms with Crippen LogP contribution in [-0.2, 0) is 0 Å². The highest BCUT2D eigenvalue weighted by Crippen LogP contribution is 2.23. The molecule has 0 aromatic heterocycles. The Kier molecular flexibility index (Phi) is 4.21. The lowest BCUT2D eigenvalue weighted by Gasteiger charge is -2.20. The van der Waals surface area contributed by atoms with Crippen molar-refractivity contribution in [2.45, 2.75) is 6.92 Å². The summed E-state index contributed by atoms with van der Waals surface area (Å²) in [6, 6.07) is 4.81. The predicted molar refractivity (Wildman–Crippen MR) is 65.1 cm³/mol. The molecule has 0 radical (unpaired) electrons. The Balaban J connectivity index is 3.05. The maximum absolute atomic E-state index is 10.8. The van der Waals surface area contributed by atoms with Gasteiger partial charge >= 0.3 is 5.97 Å². The van der Waals surface area contributed by atoms with E-state index < -0.39 is 5.97 Å². The summed E-state index contributed by atoms with van der Waals surface area (Å²) < 4.78 is 0. The lowest BCUT2D eigenvalue weighted by molar-refractivity contribution is 0.0697. The number of rotatable bonds is 4. The summed E-state index contributed by atoms with van der Waals surface area (Å²) in [5.74, 6) is 1.51. The molecule has 0 unspecified atom stereocenters. The van der Waals surface area contributed by atoms with E-state index in [1.54, 1.807) is 12.1 Å². The van der Waals surface area contributed by atoms with Crippen LogP contribution in [0.2, 0.25) is 5.02 Å². The van der Waals surface area contributed by atoms with E-state index in [0.717, 1.165) is 12.2 Å². The van der Waals surface area contributed by atoms with E-state index in [1.165, 1.54) is 6.07 Å². The van der Waals surface area contributed by atoms with Gasteiger partial charge in [-0.15, -0.1) is 6.42 Å². The number of hydrogen-bond donors (Lipinski definition) is 1. The third kappa shape index (κ3) is 2.68. The molecule has 4 heteroatoms. The molecule has 0 fully saturated rings. The average molecular weight is 238 g/mol. The second-order valence-electron chi connectivity index (χ2n) is 3.19. The summed E-state index contributed by atoms with van der Waals surface area (Å²) in [5, 5.41) is 9.05. The molecule has 0 spiro atoms. The van der Waals surface area contributed by atoms with Crippen molar-refractivity contribution in [2.75, 3.05) is 18.0 Å². The molecule has 3 nitrogen and oxygen atoms in total. The van der Waals surface area contributed by atoms with E-state index in [2.05, 4.69) is 5.92 Å². The van der Waals surface area contributed by atoms with Crippen molar-refractivity contribution >= 4 is 23.3 Å². The number of nitrogens with zero attached hydrogens (tertiary/aromatic N) is 1. The molecule has 0 aliphatic carbocycles. The second kappa shape index (κ2) is 5.43. The van der Waals surface area contributed by atoms with Crippen LogP contribution in [0, 0.1) is 12.3 Å². The van der Waals surface area contributed by atoms with Crippen LogP contribution in [0.5, 0.6) is 0 Å². The van der Waals surface area contributed by atoms with Crippen molar-refractivity contribution < 1.29 is 9.90 Å². The first-order valence-electron chi connectivity index (χ1n) is 4.81. The van der Waals surface area contributed by atoms with Crippen LogP contribution in [0.15, 0.2) is 18.2 Å². The van der Waals surface area contributed by atoms with E-state index in [-0.39, 0.29) is 10.6 Å². The van der Waals surface area contributed by atoms with Gasteiger partial charge in [0.05, 0.1) is 17.1 Å². The number of aromatic carboxylic acids is 1. The molecule has 0 bridgehead atoms. The van der Waals surface area contributed by atoms with Crippen LogP contribution >= 0.6 is 11.6 Å². The topological polar surface area (TPSA) is 40.5 Å². The first kappa shape index (κ1) is 12.4. The van der Waals surface area contributed by atoms with Crippen molar-refractivity contribution in [3.63, 3.8) is 0 Å². The van der Waals surface area contributed by atoms with Crippen molar-refractivity contribution in [1.29, 1.82) is 0 Å². The molecule has 16 heavy (non-hydrogen) atoms. The Hall–Kier alpha value is -1.66. The van der Waals surface area contributed by atoms with Crippen LogP contribution in [0.3, 0.4) is 0 Å². The Morgan fingerprint density at radius 3 is 2.75 bits per heavy atom. The molecule has 84 valence electrons. The van der Waals surface area contributed by atoms with Crippen LogP contribution in [0.1, 0.15) is 17.3 Å². The molecule has 0 aliphatic heterocycles. The zero-order chi connectivity index (χ0) is 12.1. The van der Waals surface area contributed by atoms with Gasteiger partial charge in [0.15, 0.2) is 0 Å². The van der Waals surface area contributed by atoms with Gasteiger partial charge in [-0.3, -0.25) is 0 Å². The van der Waals surface area contributed by atoms with Gasteiger partial charge in [0, 0.05) is 12.2 Å².